The van der Waals surface area contributed by atoms with Crippen molar-refractivity contribution in [3.63, 3.8) is 0 Å². The Kier molecular flexibility index (Phi) is 2.14. The zero-order valence-corrected chi connectivity index (χ0v) is 6.09. The topological polar surface area (TPSA) is 0 Å². The SMILES string of the molecule is FC(F)(F)C(F)(F)C1=CCCC1. The summed E-state index contributed by atoms with van der Waals surface area (Å²) in [5, 5.41) is 0. The van der Waals surface area contributed by atoms with Crippen LogP contribution in [0, 0.1) is 0 Å². The summed E-state index contributed by atoms with van der Waals surface area (Å²) in [7, 11) is 0. The molecule has 1 aliphatic rings. The third kappa shape index (κ3) is 1.44. The Morgan fingerprint density at radius 2 is 1.67 bits per heavy atom. The molecule has 0 heterocycles. The summed E-state index contributed by atoms with van der Waals surface area (Å²) in [4.78, 5) is 0. The van der Waals surface area contributed by atoms with Crippen LogP contribution >= 0.6 is 0 Å². The Hall–Kier alpha value is -0.610. The molecule has 0 aromatic carbocycles. The average molecular weight is 186 g/mol. The van der Waals surface area contributed by atoms with Crippen LogP contribution in [-0.2, 0) is 0 Å². The van der Waals surface area contributed by atoms with Crippen LogP contribution in [0.4, 0.5) is 22.0 Å². The highest BCUT2D eigenvalue weighted by atomic mass is 19.4. The fourth-order valence-corrected chi connectivity index (χ4v) is 1.14. The smallest absolute Gasteiger partial charge is 0.191 e. The van der Waals surface area contributed by atoms with Gasteiger partial charge in [0.1, 0.15) is 0 Å². The molecule has 0 aliphatic heterocycles. The van der Waals surface area contributed by atoms with E-state index in [2.05, 4.69) is 0 Å². The Morgan fingerprint density at radius 1 is 1.08 bits per heavy atom. The van der Waals surface area contributed by atoms with Crippen molar-refractivity contribution in [1.82, 2.24) is 0 Å². The molecule has 0 N–H and O–H groups in total. The first kappa shape index (κ1) is 9.48. The molecular formula is C7H7F5. The summed E-state index contributed by atoms with van der Waals surface area (Å²) in [5.41, 5.74) is -0.782. The van der Waals surface area contributed by atoms with Gasteiger partial charge in [-0.15, -0.1) is 0 Å². The summed E-state index contributed by atoms with van der Waals surface area (Å²) < 4.78 is 60.0. The summed E-state index contributed by atoms with van der Waals surface area (Å²) in [6.45, 7) is 0. The fourth-order valence-electron chi connectivity index (χ4n) is 1.14. The largest absolute Gasteiger partial charge is 0.457 e. The zero-order chi connectivity index (χ0) is 9.41. The quantitative estimate of drug-likeness (QED) is 0.435. The molecule has 0 fully saturated rings. The molecule has 70 valence electrons. The number of hydrogen-bond acceptors (Lipinski definition) is 0. The standard InChI is InChI=1S/C7H7F5/c8-6(9,7(10,11)12)5-3-1-2-4-5/h3H,1-2,4H2. The van der Waals surface area contributed by atoms with E-state index < -0.39 is 17.7 Å². The average Bonchev–Trinajstić information content (AvgIpc) is 2.34. The minimum absolute atomic E-state index is 0.146. The first-order chi connectivity index (χ1) is 5.36. The highest BCUT2D eigenvalue weighted by Gasteiger charge is 2.59. The lowest BCUT2D eigenvalue weighted by Crippen LogP contribution is -2.37. The molecular weight excluding hydrogens is 179 g/mol. The van der Waals surface area contributed by atoms with Gasteiger partial charge in [0.2, 0.25) is 0 Å². The van der Waals surface area contributed by atoms with Gasteiger partial charge in [-0.05, 0) is 19.3 Å². The van der Waals surface area contributed by atoms with Gasteiger partial charge in [0.25, 0.3) is 0 Å². The summed E-state index contributed by atoms with van der Waals surface area (Å²) in [6.07, 6.45) is -3.90. The lowest BCUT2D eigenvalue weighted by atomic mass is 10.1. The Morgan fingerprint density at radius 3 is 2.00 bits per heavy atom. The predicted octanol–water partition coefficient (Wildman–Crippen LogP) is 3.29. The fraction of sp³-hybridized carbons (Fsp3) is 0.714. The molecule has 0 saturated heterocycles. The van der Waals surface area contributed by atoms with E-state index in [-0.39, 0.29) is 6.42 Å². The summed E-state index contributed by atoms with van der Waals surface area (Å²) in [5.74, 6) is -4.62. The molecule has 0 spiro atoms. The number of rotatable bonds is 1. The molecule has 0 atom stereocenters. The van der Waals surface area contributed by atoms with Gasteiger partial charge >= 0.3 is 12.1 Å². The normalized spacial score (nSPS) is 19.6. The molecule has 0 aromatic heterocycles. The molecule has 0 aromatic rings. The van der Waals surface area contributed by atoms with Crippen molar-refractivity contribution < 1.29 is 22.0 Å². The molecule has 0 unspecified atom stereocenters. The Balaban J connectivity index is 2.84. The van der Waals surface area contributed by atoms with Crippen LogP contribution in [0.5, 0.6) is 0 Å². The van der Waals surface area contributed by atoms with Crippen LogP contribution in [0.3, 0.4) is 0 Å². The van der Waals surface area contributed by atoms with E-state index in [1.165, 1.54) is 0 Å². The van der Waals surface area contributed by atoms with Gasteiger partial charge in [0.05, 0.1) is 0 Å². The lowest BCUT2D eigenvalue weighted by Gasteiger charge is -2.20. The van der Waals surface area contributed by atoms with Crippen LogP contribution in [-0.4, -0.2) is 12.1 Å². The highest BCUT2D eigenvalue weighted by Crippen LogP contribution is 2.44. The first-order valence-corrected chi connectivity index (χ1v) is 3.50. The van der Waals surface area contributed by atoms with Crippen molar-refractivity contribution in [2.45, 2.75) is 31.4 Å². The van der Waals surface area contributed by atoms with Crippen LogP contribution in [0.1, 0.15) is 19.3 Å². The van der Waals surface area contributed by atoms with Crippen molar-refractivity contribution in [3.05, 3.63) is 11.6 Å². The van der Waals surface area contributed by atoms with Gasteiger partial charge in [-0.3, -0.25) is 0 Å². The van der Waals surface area contributed by atoms with Gasteiger partial charge in [-0.25, -0.2) is 0 Å². The minimum atomic E-state index is -5.44. The molecule has 0 radical (unpaired) electrons. The maximum atomic E-state index is 12.4. The van der Waals surface area contributed by atoms with Gasteiger partial charge in [-0.2, -0.15) is 22.0 Å². The second kappa shape index (κ2) is 2.71. The van der Waals surface area contributed by atoms with Crippen LogP contribution in [0.15, 0.2) is 11.6 Å². The minimum Gasteiger partial charge on any atom is -0.191 e. The molecule has 12 heavy (non-hydrogen) atoms. The van der Waals surface area contributed by atoms with Crippen LogP contribution in [0.25, 0.3) is 0 Å². The molecule has 0 bridgehead atoms. The summed E-state index contributed by atoms with van der Waals surface area (Å²) >= 11 is 0. The molecule has 5 heteroatoms. The number of halogens is 5. The second-order valence-corrected chi connectivity index (χ2v) is 2.69. The highest BCUT2D eigenvalue weighted by molar-refractivity contribution is 5.19. The molecule has 1 aliphatic carbocycles. The maximum Gasteiger partial charge on any atom is 0.457 e. The van der Waals surface area contributed by atoms with Gasteiger partial charge in [0.15, 0.2) is 0 Å². The monoisotopic (exact) mass is 186 g/mol. The molecule has 0 saturated carbocycles. The van der Waals surface area contributed by atoms with Crippen molar-refractivity contribution in [2.24, 2.45) is 0 Å². The summed E-state index contributed by atoms with van der Waals surface area (Å²) in [6, 6.07) is 0. The number of allylic oxidation sites excluding steroid dienone is 2. The van der Waals surface area contributed by atoms with E-state index in [9.17, 15) is 22.0 Å². The second-order valence-electron chi connectivity index (χ2n) is 2.69. The van der Waals surface area contributed by atoms with E-state index in [4.69, 9.17) is 0 Å². The predicted molar refractivity (Wildman–Crippen MR) is 32.9 cm³/mol. The van der Waals surface area contributed by atoms with Crippen LogP contribution < -0.4 is 0 Å². The Bertz CT molecular complexity index is 200. The molecule has 0 amide bonds. The maximum absolute atomic E-state index is 12.4. The zero-order valence-electron chi connectivity index (χ0n) is 6.09. The van der Waals surface area contributed by atoms with Crippen LogP contribution in [0.2, 0.25) is 0 Å². The van der Waals surface area contributed by atoms with Gasteiger partial charge in [-0.1, -0.05) is 6.08 Å². The van der Waals surface area contributed by atoms with E-state index >= 15 is 0 Å². The third-order valence-electron chi connectivity index (χ3n) is 1.80. The van der Waals surface area contributed by atoms with Crippen molar-refractivity contribution >= 4 is 0 Å². The van der Waals surface area contributed by atoms with E-state index in [0.717, 1.165) is 6.08 Å². The van der Waals surface area contributed by atoms with E-state index in [0.29, 0.717) is 12.8 Å². The lowest BCUT2D eigenvalue weighted by molar-refractivity contribution is -0.264. The van der Waals surface area contributed by atoms with Crippen molar-refractivity contribution in [2.75, 3.05) is 0 Å². The number of hydrogen-bond donors (Lipinski definition) is 0. The van der Waals surface area contributed by atoms with Crippen molar-refractivity contribution in [1.29, 1.82) is 0 Å². The van der Waals surface area contributed by atoms with Gasteiger partial charge < -0.3 is 0 Å². The van der Waals surface area contributed by atoms with E-state index in [1.54, 1.807) is 0 Å². The van der Waals surface area contributed by atoms with Crippen molar-refractivity contribution in [3.8, 4) is 0 Å². The Labute approximate surface area is 66.1 Å². The number of alkyl halides is 5. The van der Waals surface area contributed by atoms with Gasteiger partial charge in [0, 0.05) is 5.57 Å². The third-order valence-corrected chi connectivity index (χ3v) is 1.80. The molecule has 0 nitrogen and oxygen atoms in total. The molecule has 1 rings (SSSR count). The van der Waals surface area contributed by atoms with E-state index in [1.807, 2.05) is 0 Å². The first-order valence-electron chi connectivity index (χ1n) is 3.50.